The quantitative estimate of drug-likeness (QED) is 0.117. The second-order valence-electron chi connectivity index (χ2n) is 8.62. The number of methoxy groups -OCH3 is 1. The highest BCUT2D eigenvalue weighted by Gasteiger charge is 2.08. The molecule has 196 valence electrons. The van der Waals surface area contributed by atoms with Gasteiger partial charge in [-0.25, -0.2) is 9.97 Å². The Morgan fingerprint density at radius 3 is 2.58 bits per heavy atom. The van der Waals surface area contributed by atoms with E-state index < -0.39 is 0 Å². The van der Waals surface area contributed by atoms with Crippen molar-refractivity contribution in [3.8, 4) is 5.75 Å². The van der Waals surface area contributed by atoms with Gasteiger partial charge < -0.3 is 15.4 Å². The zero-order valence-electron chi connectivity index (χ0n) is 21.9. The Morgan fingerprint density at radius 2 is 1.79 bits per heavy atom. The lowest BCUT2D eigenvalue weighted by atomic mass is 10.2. The Kier molecular flexibility index (Phi) is 10.5. The van der Waals surface area contributed by atoms with Gasteiger partial charge in [-0.3, -0.25) is 9.98 Å². The second kappa shape index (κ2) is 14.7. The molecule has 2 N–H and O–H groups in total. The molecule has 0 atom stereocenters. The van der Waals surface area contributed by atoms with E-state index in [9.17, 15) is 0 Å². The minimum Gasteiger partial charge on any atom is -0.497 e. The molecule has 0 radical (unpaired) electrons. The average Bonchev–Trinajstić information content (AvgIpc) is 2.97. The number of unbranched alkanes of at least 4 members (excludes halogenated alkanes) is 3. The molecule has 0 unspecified atom stereocenters. The molecule has 0 amide bonds. The van der Waals surface area contributed by atoms with Crippen molar-refractivity contribution >= 4 is 51.5 Å². The van der Waals surface area contributed by atoms with E-state index in [4.69, 9.17) is 19.7 Å². The van der Waals surface area contributed by atoms with Crippen LogP contribution in [0, 0.1) is 0 Å². The fourth-order valence-electron chi connectivity index (χ4n) is 3.87. The van der Waals surface area contributed by atoms with Gasteiger partial charge in [0.15, 0.2) is 11.0 Å². The molecule has 0 bridgehead atoms. The molecule has 0 aliphatic carbocycles. The van der Waals surface area contributed by atoms with E-state index in [1.165, 1.54) is 0 Å². The number of nitrogens with zero attached hydrogens (tertiary/aromatic N) is 4. The first kappa shape index (κ1) is 27.1. The highest BCUT2D eigenvalue weighted by atomic mass is 32.2. The number of aromatic nitrogens is 3. The molecule has 2 aromatic heterocycles. The first-order valence-electron chi connectivity index (χ1n) is 12.8. The molecule has 4 rings (SSSR count). The second-order valence-corrected chi connectivity index (χ2v) is 9.42. The molecular formula is C30H34N6OS. The van der Waals surface area contributed by atoms with Gasteiger partial charge in [-0.15, -0.1) is 0 Å². The van der Waals surface area contributed by atoms with Crippen LogP contribution in [0.15, 0.2) is 77.9 Å². The van der Waals surface area contributed by atoms with E-state index >= 15 is 0 Å². The number of amidine groups is 1. The Labute approximate surface area is 228 Å². The lowest BCUT2D eigenvalue weighted by Crippen LogP contribution is -2.08. The summed E-state index contributed by atoms with van der Waals surface area (Å²) >= 11 is 1.64. The molecule has 38 heavy (non-hydrogen) atoms. The van der Waals surface area contributed by atoms with Crippen molar-refractivity contribution < 1.29 is 4.74 Å². The summed E-state index contributed by atoms with van der Waals surface area (Å²) < 4.78 is 5.43. The predicted octanol–water partition coefficient (Wildman–Crippen LogP) is 7.01. The van der Waals surface area contributed by atoms with E-state index in [0.29, 0.717) is 5.82 Å². The van der Waals surface area contributed by atoms with Crippen LogP contribution in [-0.4, -0.2) is 46.6 Å². The number of para-hydroxylation sites is 1. The first-order chi connectivity index (χ1) is 18.7. The Hall–Kier alpha value is -3.91. The number of benzene rings is 2. The number of rotatable bonds is 12. The summed E-state index contributed by atoms with van der Waals surface area (Å²) in [5.74, 6) is 2.24. The van der Waals surface area contributed by atoms with Crippen LogP contribution in [0.1, 0.15) is 37.2 Å². The highest BCUT2D eigenvalue weighted by molar-refractivity contribution is 8.13. The third kappa shape index (κ3) is 8.31. The number of fused-ring (bicyclic) bond motifs is 1. The van der Waals surface area contributed by atoms with Gasteiger partial charge in [0.25, 0.3) is 0 Å². The maximum absolute atomic E-state index is 5.43. The minimum absolute atomic E-state index is 0.641. The number of ether oxygens (including phenoxy) is 1. The zero-order chi connectivity index (χ0) is 26.4. The summed E-state index contributed by atoms with van der Waals surface area (Å²) in [6.07, 6.45) is 12.0. The van der Waals surface area contributed by atoms with Crippen molar-refractivity contribution in [3.05, 3.63) is 84.4 Å². The normalized spacial score (nSPS) is 11.7. The topological polar surface area (TPSA) is 84.3 Å². The fraction of sp³-hybridized carbons (Fsp3) is 0.267. The van der Waals surface area contributed by atoms with Crippen LogP contribution in [0.4, 0.5) is 11.5 Å². The molecule has 2 aromatic carbocycles. The van der Waals surface area contributed by atoms with E-state index in [0.717, 1.165) is 77.8 Å². The average molecular weight is 527 g/mol. The Bertz CT molecular complexity index is 1350. The third-order valence-corrected chi connectivity index (χ3v) is 6.48. The standard InChI is InChI=1S/C30H34N6OS/c1-37-25-16-17-27-26(22-25)29(36-28(35-27)18-15-23-12-8-11-19-31-23)32-20-9-3-4-10-21-33-30(38-2)34-24-13-6-5-7-14-24/h5-8,11-19,22H,3-4,9-10,20-21H2,1-2H3,(H,33,34)(H,32,35,36). The molecule has 0 spiro atoms. The van der Waals surface area contributed by atoms with Crippen molar-refractivity contribution in [1.29, 1.82) is 0 Å². The summed E-state index contributed by atoms with van der Waals surface area (Å²) in [4.78, 5) is 18.5. The van der Waals surface area contributed by atoms with Crippen LogP contribution in [0.5, 0.6) is 5.75 Å². The number of hydrogen-bond donors (Lipinski definition) is 2. The van der Waals surface area contributed by atoms with Crippen molar-refractivity contribution in [1.82, 2.24) is 15.0 Å². The smallest absolute Gasteiger partial charge is 0.160 e. The van der Waals surface area contributed by atoms with Crippen molar-refractivity contribution in [3.63, 3.8) is 0 Å². The molecule has 4 aromatic rings. The molecule has 0 aliphatic rings. The van der Waals surface area contributed by atoms with Crippen LogP contribution in [0.3, 0.4) is 0 Å². The lowest BCUT2D eigenvalue weighted by Gasteiger charge is -2.11. The molecule has 0 aliphatic heterocycles. The van der Waals surface area contributed by atoms with E-state index in [1.54, 1.807) is 25.1 Å². The summed E-state index contributed by atoms with van der Waals surface area (Å²) in [6.45, 7) is 1.66. The van der Waals surface area contributed by atoms with Gasteiger partial charge in [0.05, 0.1) is 18.3 Å². The molecule has 7 nitrogen and oxygen atoms in total. The van der Waals surface area contributed by atoms with E-state index in [-0.39, 0.29) is 0 Å². The third-order valence-electron chi connectivity index (χ3n) is 5.86. The zero-order valence-corrected chi connectivity index (χ0v) is 22.7. The number of hydrogen-bond acceptors (Lipinski definition) is 7. The number of nitrogens with one attached hydrogen (secondary N) is 2. The SMILES string of the molecule is COc1ccc2nc(C=Cc3ccccn3)nc(NCCCCCCN=C(Nc3ccccc3)SC)c2c1. The first-order valence-corrected chi connectivity index (χ1v) is 14.1. The number of anilines is 2. The number of pyridine rings is 1. The maximum Gasteiger partial charge on any atom is 0.160 e. The largest absolute Gasteiger partial charge is 0.497 e. The number of aliphatic imine (C=N–C) groups is 1. The maximum atomic E-state index is 5.43. The number of thioether (sulfide) groups is 1. The van der Waals surface area contributed by atoms with Crippen LogP contribution < -0.4 is 15.4 Å². The molecule has 0 saturated heterocycles. The van der Waals surface area contributed by atoms with E-state index in [1.807, 2.05) is 73.0 Å². The van der Waals surface area contributed by atoms with Gasteiger partial charge in [-0.05, 0) is 73.7 Å². The van der Waals surface area contributed by atoms with Crippen LogP contribution in [-0.2, 0) is 0 Å². The van der Waals surface area contributed by atoms with Gasteiger partial charge in [0, 0.05) is 30.4 Å². The van der Waals surface area contributed by atoms with Crippen LogP contribution >= 0.6 is 11.8 Å². The summed E-state index contributed by atoms with van der Waals surface area (Å²) in [6, 6.07) is 21.8. The van der Waals surface area contributed by atoms with Crippen molar-refractivity contribution in [2.45, 2.75) is 25.7 Å². The minimum atomic E-state index is 0.641. The molecule has 2 heterocycles. The summed E-state index contributed by atoms with van der Waals surface area (Å²) in [5.41, 5.74) is 2.80. The highest BCUT2D eigenvalue weighted by Crippen LogP contribution is 2.26. The molecule has 8 heteroatoms. The Morgan fingerprint density at radius 1 is 0.947 bits per heavy atom. The van der Waals surface area contributed by atoms with Crippen LogP contribution in [0.25, 0.3) is 23.1 Å². The van der Waals surface area contributed by atoms with Gasteiger partial charge in [-0.2, -0.15) is 0 Å². The van der Waals surface area contributed by atoms with Crippen LogP contribution in [0.2, 0.25) is 0 Å². The van der Waals surface area contributed by atoms with Crippen molar-refractivity contribution in [2.75, 3.05) is 37.1 Å². The molecule has 0 fully saturated rings. The Balaban J connectivity index is 1.29. The molecule has 0 saturated carbocycles. The van der Waals surface area contributed by atoms with Gasteiger partial charge in [0.2, 0.25) is 0 Å². The summed E-state index contributed by atoms with van der Waals surface area (Å²) in [5, 5.41) is 8.81. The van der Waals surface area contributed by atoms with E-state index in [2.05, 4.69) is 27.8 Å². The van der Waals surface area contributed by atoms with Gasteiger partial charge in [-0.1, -0.05) is 48.9 Å². The predicted molar refractivity (Wildman–Crippen MR) is 162 cm³/mol. The van der Waals surface area contributed by atoms with Gasteiger partial charge in [0.1, 0.15) is 11.6 Å². The summed E-state index contributed by atoms with van der Waals surface area (Å²) in [7, 11) is 1.67. The van der Waals surface area contributed by atoms with Gasteiger partial charge >= 0.3 is 0 Å². The monoisotopic (exact) mass is 526 g/mol. The fourth-order valence-corrected chi connectivity index (χ4v) is 4.31. The lowest BCUT2D eigenvalue weighted by molar-refractivity contribution is 0.415. The molecular weight excluding hydrogens is 492 g/mol. The van der Waals surface area contributed by atoms with Crippen molar-refractivity contribution in [2.24, 2.45) is 4.99 Å².